The molecule has 0 aliphatic carbocycles. The van der Waals surface area contributed by atoms with Crippen LogP contribution in [0.1, 0.15) is 37.2 Å². The molecule has 3 heterocycles. The van der Waals surface area contributed by atoms with Gasteiger partial charge in [0.2, 0.25) is 11.7 Å². The lowest BCUT2D eigenvalue weighted by molar-refractivity contribution is -0.137. The Bertz CT molecular complexity index is 1380. The highest BCUT2D eigenvalue weighted by molar-refractivity contribution is 8.25. The number of pyridine rings is 1. The van der Waals surface area contributed by atoms with Gasteiger partial charge in [0.05, 0.1) is 6.26 Å². The standard InChI is InChI=1S/C27H30N4O6S/c1-17(2)15-21(30-25(33)24-19-10-4-3-9-18(19)16-37-24)26(34)31-14-8-6-11-20(28)23(32)27(31)38(35,36)22-12-5-7-13-29-22/h3-7,9-13,16-17,21,27-28,35-36H,8,14-15H2,1-2H3,(H,30,33)/t21-,27?/m0/s1. The molecule has 10 nitrogen and oxygen atoms in total. The van der Waals surface area contributed by atoms with Crippen molar-refractivity contribution < 1.29 is 27.9 Å². The number of rotatable bonds is 7. The van der Waals surface area contributed by atoms with Crippen molar-refractivity contribution in [2.45, 2.75) is 43.1 Å². The summed E-state index contributed by atoms with van der Waals surface area (Å²) in [4.78, 5) is 45.7. The summed E-state index contributed by atoms with van der Waals surface area (Å²) >= 11 is 0. The van der Waals surface area contributed by atoms with Crippen molar-refractivity contribution in [3.63, 3.8) is 0 Å². The number of amides is 2. The predicted molar refractivity (Wildman–Crippen MR) is 144 cm³/mol. The number of furan rings is 1. The lowest BCUT2D eigenvalue weighted by Crippen LogP contribution is -2.57. The molecule has 38 heavy (non-hydrogen) atoms. The largest absolute Gasteiger partial charge is 0.458 e. The summed E-state index contributed by atoms with van der Waals surface area (Å²) in [5, 5.41) is 10.3. The molecule has 0 fully saturated rings. The lowest BCUT2D eigenvalue weighted by atomic mass is 10.0. The van der Waals surface area contributed by atoms with Gasteiger partial charge < -0.3 is 14.6 Å². The second-order valence-corrected chi connectivity index (χ2v) is 11.5. The Kier molecular flexibility index (Phi) is 8.10. The topological polar surface area (TPSA) is 157 Å². The molecule has 0 radical (unpaired) electrons. The minimum Gasteiger partial charge on any atom is -0.458 e. The zero-order chi connectivity index (χ0) is 27.4. The van der Waals surface area contributed by atoms with Gasteiger partial charge in [-0.2, -0.15) is 0 Å². The van der Waals surface area contributed by atoms with E-state index >= 15 is 0 Å². The van der Waals surface area contributed by atoms with E-state index in [1.165, 1.54) is 30.7 Å². The molecule has 2 aromatic heterocycles. The molecule has 1 aromatic carbocycles. The summed E-state index contributed by atoms with van der Waals surface area (Å²) in [6, 6.07) is 10.5. The van der Waals surface area contributed by atoms with Crippen LogP contribution in [0.25, 0.3) is 10.8 Å². The number of aromatic nitrogens is 1. The fourth-order valence-electron chi connectivity index (χ4n) is 4.37. The number of fused-ring (bicyclic) bond motifs is 1. The van der Waals surface area contributed by atoms with E-state index in [0.717, 1.165) is 10.3 Å². The number of nitrogens with one attached hydrogen (secondary N) is 2. The summed E-state index contributed by atoms with van der Waals surface area (Å²) < 4.78 is 28.1. The molecular weight excluding hydrogens is 508 g/mol. The van der Waals surface area contributed by atoms with Gasteiger partial charge in [-0.3, -0.25) is 28.9 Å². The van der Waals surface area contributed by atoms with E-state index in [-0.39, 0.29) is 36.1 Å². The van der Waals surface area contributed by atoms with Crippen molar-refractivity contribution in [2.75, 3.05) is 6.54 Å². The Balaban J connectivity index is 1.71. The van der Waals surface area contributed by atoms with E-state index in [1.807, 2.05) is 19.9 Å². The van der Waals surface area contributed by atoms with E-state index in [4.69, 9.17) is 9.83 Å². The minimum absolute atomic E-state index is 0.0316. The highest BCUT2D eigenvalue weighted by Gasteiger charge is 2.45. The Hall–Kier alpha value is -3.80. The Morgan fingerprint density at radius 1 is 1.21 bits per heavy atom. The number of hydrogen-bond acceptors (Lipinski definition) is 8. The number of carbonyl (C=O) groups is 3. The molecule has 11 heteroatoms. The van der Waals surface area contributed by atoms with Gasteiger partial charge >= 0.3 is 0 Å². The molecule has 0 saturated heterocycles. The summed E-state index contributed by atoms with van der Waals surface area (Å²) in [5.41, 5.74) is -0.463. The second kappa shape index (κ2) is 11.3. The molecule has 1 unspecified atom stereocenters. The van der Waals surface area contributed by atoms with Crippen molar-refractivity contribution in [1.82, 2.24) is 15.2 Å². The smallest absolute Gasteiger partial charge is 0.288 e. The van der Waals surface area contributed by atoms with Gasteiger partial charge in [-0.25, -0.2) is 4.98 Å². The molecule has 3 aromatic rings. The van der Waals surface area contributed by atoms with Gasteiger partial charge in [0.15, 0.2) is 11.1 Å². The van der Waals surface area contributed by atoms with Crippen LogP contribution in [-0.2, 0) is 9.59 Å². The van der Waals surface area contributed by atoms with E-state index in [0.29, 0.717) is 5.39 Å². The van der Waals surface area contributed by atoms with Crippen LogP contribution < -0.4 is 5.32 Å². The molecule has 2 amide bonds. The van der Waals surface area contributed by atoms with Crippen LogP contribution in [0.2, 0.25) is 0 Å². The fourth-order valence-corrected chi connectivity index (χ4v) is 6.08. The van der Waals surface area contributed by atoms with Crippen molar-refractivity contribution in [3.05, 3.63) is 72.8 Å². The highest BCUT2D eigenvalue weighted by atomic mass is 32.3. The first-order valence-corrected chi connectivity index (χ1v) is 13.8. The third-order valence-corrected chi connectivity index (χ3v) is 8.11. The van der Waals surface area contributed by atoms with Gasteiger partial charge in [0.1, 0.15) is 16.8 Å². The second-order valence-electron chi connectivity index (χ2n) is 9.42. The van der Waals surface area contributed by atoms with Gasteiger partial charge in [-0.1, -0.05) is 50.3 Å². The molecule has 1 aliphatic rings. The number of allylic oxidation sites excluding steroid dienone is 1. The number of Topliss-reactive ketones (excluding diaryl/α,β-unsaturated/α-hetero) is 1. The average Bonchev–Trinajstić information content (AvgIpc) is 3.33. The van der Waals surface area contributed by atoms with Crippen molar-refractivity contribution in [2.24, 2.45) is 5.92 Å². The first-order chi connectivity index (χ1) is 18.1. The summed E-state index contributed by atoms with van der Waals surface area (Å²) in [6.45, 7) is 3.73. The van der Waals surface area contributed by atoms with Crippen molar-refractivity contribution in [3.8, 4) is 0 Å². The zero-order valence-corrected chi connectivity index (χ0v) is 21.9. The molecule has 4 N–H and O–H groups in total. The summed E-state index contributed by atoms with van der Waals surface area (Å²) in [6.07, 6.45) is 6.16. The van der Waals surface area contributed by atoms with Crippen LogP contribution in [0, 0.1) is 11.3 Å². The number of carbonyl (C=O) groups excluding carboxylic acids is 3. The number of benzene rings is 1. The average molecular weight is 539 g/mol. The van der Waals surface area contributed by atoms with Crippen LogP contribution in [0.5, 0.6) is 0 Å². The monoisotopic (exact) mass is 538 g/mol. The van der Waals surface area contributed by atoms with Crippen molar-refractivity contribution >= 4 is 44.7 Å². The molecule has 0 saturated carbocycles. The molecule has 2 atom stereocenters. The molecular formula is C27H30N4O6S. The van der Waals surface area contributed by atoms with E-state index in [2.05, 4.69) is 10.3 Å². The van der Waals surface area contributed by atoms with Gasteiger partial charge in [-0.05, 0) is 37.0 Å². The predicted octanol–water partition coefficient (Wildman–Crippen LogP) is 4.49. The molecule has 0 spiro atoms. The summed E-state index contributed by atoms with van der Waals surface area (Å²) in [5.74, 6) is -2.18. The van der Waals surface area contributed by atoms with Crippen molar-refractivity contribution in [1.29, 1.82) is 5.41 Å². The van der Waals surface area contributed by atoms with E-state index < -0.39 is 45.3 Å². The molecule has 0 bridgehead atoms. The van der Waals surface area contributed by atoms with Crippen LogP contribution >= 0.6 is 10.6 Å². The number of hydrogen-bond donors (Lipinski definition) is 4. The normalized spacial score (nSPS) is 17.8. The van der Waals surface area contributed by atoms with E-state index in [9.17, 15) is 23.5 Å². The Labute approximate surface area is 221 Å². The summed E-state index contributed by atoms with van der Waals surface area (Å²) in [7, 11) is -4.00. The third-order valence-electron chi connectivity index (χ3n) is 6.16. The Morgan fingerprint density at radius 2 is 1.95 bits per heavy atom. The maximum atomic E-state index is 14.0. The van der Waals surface area contributed by atoms with E-state index in [1.54, 1.807) is 30.3 Å². The number of ketones is 1. The highest BCUT2D eigenvalue weighted by Crippen LogP contribution is 2.53. The zero-order valence-electron chi connectivity index (χ0n) is 21.0. The van der Waals surface area contributed by atoms with Crippen LogP contribution in [-0.4, -0.2) is 60.3 Å². The Morgan fingerprint density at radius 3 is 2.66 bits per heavy atom. The number of nitrogens with zero attached hydrogens (tertiary/aromatic N) is 2. The molecule has 1 aliphatic heterocycles. The first kappa shape index (κ1) is 27.2. The lowest BCUT2D eigenvalue weighted by Gasteiger charge is -2.45. The SMILES string of the molecule is CC(C)C[C@H](NC(=O)c1occ2ccccc12)C(=O)N1CCC=CC(=N)C(=O)C1S(O)(O)c1ccccn1. The van der Waals surface area contributed by atoms with Crippen LogP contribution in [0.15, 0.2) is 76.5 Å². The minimum atomic E-state index is -4.00. The molecule has 4 rings (SSSR count). The van der Waals surface area contributed by atoms with Gasteiger partial charge in [0.25, 0.3) is 5.91 Å². The molecule has 200 valence electrons. The maximum absolute atomic E-state index is 14.0. The van der Waals surface area contributed by atoms with Crippen LogP contribution in [0.4, 0.5) is 0 Å². The fraction of sp³-hybridized carbons (Fsp3) is 0.296. The maximum Gasteiger partial charge on any atom is 0.288 e. The van der Waals surface area contributed by atoms with Gasteiger partial charge in [-0.15, -0.1) is 10.6 Å². The third kappa shape index (κ3) is 5.54. The quantitative estimate of drug-likeness (QED) is 0.345. The van der Waals surface area contributed by atoms with Gasteiger partial charge in [0, 0.05) is 23.5 Å². The first-order valence-electron chi connectivity index (χ1n) is 12.2. The van der Waals surface area contributed by atoms with Crippen LogP contribution in [0.3, 0.4) is 0 Å².